The molecule has 2 N–H and O–H groups in total. The van der Waals surface area contributed by atoms with Gasteiger partial charge in [0, 0.05) is 11.7 Å². The Kier molecular flexibility index (Phi) is 5.53. The van der Waals surface area contributed by atoms with E-state index >= 15 is 0 Å². The number of nitrogens with zero attached hydrogens (tertiary/aromatic N) is 1. The number of aryl methyl sites for hydroxylation is 1. The second-order valence-corrected chi connectivity index (χ2v) is 5.39. The number of amides is 1. The van der Waals surface area contributed by atoms with E-state index in [0.717, 1.165) is 24.2 Å². The summed E-state index contributed by atoms with van der Waals surface area (Å²) >= 11 is 0. The Balaban J connectivity index is 2.00. The molecule has 0 aliphatic carbocycles. The van der Waals surface area contributed by atoms with Crippen molar-refractivity contribution in [3.63, 3.8) is 0 Å². The molecule has 1 aromatic heterocycles. The fourth-order valence-electron chi connectivity index (χ4n) is 1.99. The lowest BCUT2D eigenvalue weighted by Gasteiger charge is -2.11. The molecule has 1 unspecified atom stereocenters. The van der Waals surface area contributed by atoms with E-state index in [4.69, 9.17) is 0 Å². The molecule has 0 fully saturated rings. The first-order valence-corrected chi connectivity index (χ1v) is 7.75. The number of benzene rings is 1. The molecule has 0 radical (unpaired) electrons. The van der Waals surface area contributed by atoms with Gasteiger partial charge in [0.2, 0.25) is 0 Å². The Morgan fingerprint density at radius 3 is 2.32 bits per heavy atom. The lowest BCUT2D eigenvalue weighted by atomic mass is 10.1. The van der Waals surface area contributed by atoms with E-state index < -0.39 is 0 Å². The summed E-state index contributed by atoms with van der Waals surface area (Å²) < 4.78 is 0. The average molecular weight is 297 g/mol. The lowest BCUT2D eigenvalue weighted by Crippen LogP contribution is -2.32. The summed E-state index contributed by atoms with van der Waals surface area (Å²) in [5.74, 6) is -0.131. The van der Waals surface area contributed by atoms with Crippen molar-refractivity contribution in [2.75, 3.05) is 5.32 Å². The highest BCUT2D eigenvalue weighted by Gasteiger charge is 2.09. The number of carbonyl (C=O) groups is 1. The van der Waals surface area contributed by atoms with Crippen LogP contribution in [-0.2, 0) is 6.42 Å². The molecule has 0 bridgehead atoms. The first kappa shape index (κ1) is 16.0. The van der Waals surface area contributed by atoms with Crippen molar-refractivity contribution in [3.8, 4) is 0 Å². The molecule has 0 aliphatic heterocycles. The molecular formula is C18H23N3O. The zero-order chi connectivity index (χ0) is 15.9. The Labute approximate surface area is 132 Å². The molecule has 0 saturated heterocycles. The van der Waals surface area contributed by atoms with Crippen molar-refractivity contribution in [1.29, 1.82) is 0 Å². The van der Waals surface area contributed by atoms with E-state index in [0.29, 0.717) is 5.69 Å². The molecule has 4 nitrogen and oxygen atoms in total. The highest BCUT2D eigenvalue weighted by molar-refractivity contribution is 5.92. The van der Waals surface area contributed by atoms with Gasteiger partial charge in [-0.3, -0.25) is 4.79 Å². The second kappa shape index (κ2) is 7.59. The molecule has 1 aromatic carbocycles. The molecule has 1 amide bonds. The largest absolute Gasteiger partial charge is 0.354 e. The Morgan fingerprint density at radius 2 is 1.77 bits per heavy atom. The van der Waals surface area contributed by atoms with Crippen molar-refractivity contribution in [2.45, 2.75) is 39.7 Å². The normalized spacial score (nSPS) is 11.8. The smallest absolute Gasteiger partial charge is 0.270 e. The van der Waals surface area contributed by atoms with Crippen LogP contribution in [0.2, 0.25) is 0 Å². The standard InChI is InChI=1S/C18H23N3O/c1-4-13(3)20-18(22)17-11-10-16(12-19-17)21-15-8-6-14(5-2)7-9-15/h6-13,21H,4-5H2,1-3H3,(H,20,22). The minimum absolute atomic E-state index is 0.131. The Morgan fingerprint density at radius 1 is 1.09 bits per heavy atom. The molecule has 0 spiro atoms. The van der Waals surface area contributed by atoms with Gasteiger partial charge >= 0.3 is 0 Å². The molecule has 2 rings (SSSR count). The molecule has 116 valence electrons. The minimum atomic E-state index is -0.131. The quantitative estimate of drug-likeness (QED) is 0.849. The SMILES string of the molecule is CCc1ccc(Nc2ccc(C(=O)NC(C)CC)nc2)cc1. The number of hydrogen-bond donors (Lipinski definition) is 2. The zero-order valence-corrected chi connectivity index (χ0v) is 13.4. The topological polar surface area (TPSA) is 54.0 Å². The predicted octanol–water partition coefficient (Wildman–Crippen LogP) is 3.92. The second-order valence-electron chi connectivity index (χ2n) is 5.39. The molecular weight excluding hydrogens is 274 g/mol. The third-order valence-corrected chi connectivity index (χ3v) is 3.64. The summed E-state index contributed by atoms with van der Waals surface area (Å²) in [6.45, 7) is 6.15. The number of carbonyl (C=O) groups excluding carboxylic acids is 1. The van der Waals surface area contributed by atoms with E-state index in [-0.39, 0.29) is 11.9 Å². The number of pyridine rings is 1. The molecule has 1 atom stereocenters. The molecule has 4 heteroatoms. The van der Waals surface area contributed by atoms with Gasteiger partial charge in [0.05, 0.1) is 11.9 Å². The van der Waals surface area contributed by atoms with E-state index in [2.05, 4.69) is 34.7 Å². The predicted molar refractivity (Wildman–Crippen MR) is 90.6 cm³/mol. The van der Waals surface area contributed by atoms with Gasteiger partial charge in [0.15, 0.2) is 0 Å². The zero-order valence-electron chi connectivity index (χ0n) is 13.4. The summed E-state index contributed by atoms with van der Waals surface area (Å²) in [5.41, 5.74) is 3.62. The molecule has 0 saturated carbocycles. The fraction of sp³-hybridized carbons (Fsp3) is 0.333. The number of rotatable bonds is 6. The third-order valence-electron chi connectivity index (χ3n) is 3.64. The average Bonchev–Trinajstić information content (AvgIpc) is 2.56. The summed E-state index contributed by atoms with van der Waals surface area (Å²) in [4.78, 5) is 16.2. The van der Waals surface area contributed by atoms with E-state index in [1.54, 1.807) is 12.3 Å². The first-order valence-electron chi connectivity index (χ1n) is 7.75. The summed E-state index contributed by atoms with van der Waals surface area (Å²) in [6.07, 6.45) is 3.61. The Hall–Kier alpha value is -2.36. The van der Waals surface area contributed by atoms with E-state index in [1.165, 1.54) is 5.56 Å². The van der Waals surface area contributed by atoms with Crippen LogP contribution < -0.4 is 10.6 Å². The van der Waals surface area contributed by atoms with Gasteiger partial charge < -0.3 is 10.6 Å². The summed E-state index contributed by atoms with van der Waals surface area (Å²) in [6, 6.07) is 12.1. The van der Waals surface area contributed by atoms with Gasteiger partial charge in [-0.05, 0) is 49.6 Å². The van der Waals surface area contributed by atoms with Crippen LogP contribution in [0, 0.1) is 0 Å². The highest BCUT2D eigenvalue weighted by atomic mass is 16.1. The minimum Gasteiger partial charge on any atom is -0.354 e. The third kappa shape index (κ3) is 4.32. The molecule has 1 heterocycles. The van der Waals surface area contributed by atoms with Crippen LogP contribution in [0.5, 0.6) is 0 Å². The molecule has 2 aromatic rings. The van der Waals surface area contributed by atoms with Crippen molar-refractivity contribution in [2.24, 2.45) is 0 Å². The number of hydrogen-bond acceptors (Lipinski definition) is 3. The summed E-state index contributed by atoms with van der Waals surface area (Å²) in [5, 5.41) is 6.18. The van der Waals surface area contributed by atoms with Gasteiger partial charge in [-0.15, -0.1) is 0 Å². The number of aromatic nitrogens is 1. The number of anilines is 2. The van der Waals surface area contributed by atoms with Crippen LogP contribution >= 0.6 is 0 Å². The van der Waals surface area contributed by atoms with Crippen molar-refractivity contribution in [3.05, 3.63) is 53.9 Å². The van der Waals surface area contributed by atoms with Crippen LogP contribution in [0.4, 0.5) is 11.4 Å². The Bertz CT molecular complexity index is 605. The maximum Gasteiger partial charge on any atom is 0.270 e. The monoisotopic (exact) mass is 297 g/mol. The van der Waals surface area contributed by atoms with Crippen molar-refractivity contribution < 1.29 is 4.79 Å². The van der Waals surface area contributed by atoms with Gasteiger partial charge in [-0.1, -0.05) is 26.0 Å². The van der Waals surface area contributed by atoms with Crippen LogP contribution in [0.15, 0.2) is 42.6 Å². The van der Waals surface area contributed by atoms with Crippen LogP contribution in [0.1, 0.15) is 43.2 Å². The maximum absolute atomic E-state index is 12.0. The van der Waals surface area contributed by atoms with Gasteiger partial charge in [-0.2, -0.15) is 0 Å². The van der Waals surface area contributed by atoms with E-state index in [9.17, 15) is 4.79 Å². The fourth-order valence-corrected chi connectivity index (χ4v) is 1.99. The van der Waals surface area contributed by atoms with Crippen molar-refractivity contribution >= 4 is 17.3 Å². The van der Waals surface area contributed by atoms with Crippen LogP contribution in [0.25, 0.3) is 0 Å². The molecule has 0 aliphatic rings. The van der Waals surface area contributed by atoms with Crippen LogP contribution in [-0.4, -0.2) is 16.9 Å². The lowest BCUT2D eigenvalue weighted by molar-refractivity contribution is 0.0934. The van der Waals surface area contributed by atoms with Gasteiger partial charge in [0.1, 0.15) is 5.69 Å². The van der Waals surface area contributed by atoms with E-state index in [1.807, 2.05) is 32.0 Å². The van der Waals surface area contributed by atoms with Gasteiger partial charge in [0.25, 0.3) is 5.91 Å². The van der Waals surface area contributed by atoms with Crippen LogP contribution in [0.3, 0.4) is 0 Å². The molecule has 22 heavy (non-hydrogen) atoms. The van der Waals surface area contributed by atoms with Gasteiger partial charge in [-0.25, -0.2) is 4.98 Å². The summed E-state index contributed by atoms with van der Waals surface area (Å²) in [7, 11) is 0. The number of nitrogens with one attached hydrogen (secondary N) is 2. The van der Waals surface area contributed by atoms with Crippen molar-refractivity contribution in [1.82, 2.24) is 10.3 Å². The highest BCUT2D eigenvalue weighted by Crippen LogP contribution is 2.16. The first-order chi connectivity index (χ1) is 10.6. The maximum atomic E-state index is 12.0.